The molecule has 0 radical (unpaired) electrons. The molecule has 0 spiro atoms. The maximum atomic E-state index is 15.3. The Balaban J connectivity index is 1.53. The predicted molar refractivity (Wildman–Crippen MR) is 135 cm³/mol. The number of hydrogen-bond donors (Lipinski definition) is 3. The first kappa shape index (κ1) is 22.7. The monoisotopic (exact) mass is 471 g/mol. The molecule has 2 aromatic heterocycles. The van der Waals surface area contributed by atoms with E-state index in [0.717, 1.165) is 35.7 Å². The number of nitrogens with two attached hydrogens (primary N) is 1. The van der Waals surface area contributed by atoms with Crippen LogP contribution in [0.3, 0.4) is 0 Å². The van der Waals surface area contributed by atoms with Gasteiger partial charge in [-0.3, -0.25) is 9.69 Å². The average molecular weight is 472 g/mol. The molecule has 0 unspecified atom stereocenters. The highest BCUT2D eigenvalue weighted by molar-refractivity contribution is 6.11. The quantitative estimate of drug-likeness (QED) is 0.400. The van der Waals surface area contributed by atoms with Gasteiger partial charge < -0.3 is 16.4 Å². The summed E-state index contributed by atoms with van der Waals surface area (Å²) in [4.78, 5) is 28.3. The van der Waals surface area contributed by atoms with Crippen LogP contribution in [-0.4, -0.2) is 40.0 Å². The molecular formula is C26H26FN7O. The number of carbonyl (C=O) groups is 1. The van der Waals surface area contributed by atoms with Gasteiger partial charge in [-0.2, -0.15) is 0 Å². The Labute approximate surface area is 202 Å². The van der Waals surface area contributed by atoms with Crippen molar-refractivity contribution < 1.29 is 9.18 Å². The number of rotatable bonds is 5. The minimum absolute atomic E-state index is 0.0215. The highest BCUT2D eigenvalue weighted by Gasteiger charge is 2.31. The molecule has 2 aromatic carbocycles. The van der Waals surface area contributed by atoms with E-state index < -0.39 is 11.7 Å². The number of nitrogen functional groups attached to an aromatic ring is 1. The zero-order valence-electron chi connectivity index (χ0n) is 19.3. The van der Waals surface area contributed by atoms with Crippen molar-refractivity contribution in [3.63, 3.8) is 0 Å². The van der Waals surface area contributed by atoms with Gasteiger partial charge in [-0.25, -0.2) is 19.3 Å². The van der Waals surface area contributed by atoms with Crippen LogP contribution in [0, 0.1) is 12.7 Å². The topological polar surface area (TPSA) is 109 Å². The fourth-order valence-corrected chi connectivity index (χ4v) is 4.49. The Hall–Kier alpha value is -4.11. The number of nitrogens with zero attached hydrogens (tertiary/aromatic N) is 4. The maximum absolute atomic E-state index is 15.3. The smallest absolute Gasteiger partial charge is 0.262 e. The summed E-state index contributed by atoms with van der Waals surface area (Å²) in [7, 11) is 0. The van der Waals surface area contributed by atoms with Crippen LogP contribution in [0.25, 0.3) is 10.8 Å². The predicted octanol–water partition coefficient (Wildman–Crippen LogP) is 4.20. The van der Waals surface area contributed by atoms with Crippen LogP contribution in [0.15, 0.2) is 61.1 Å². The lowest BCUT2D eigenvalue weighted by Gasteiger charge is -2.35. The van der Waals surface area contributed by atoms with E-state index in [2.05, 4.69) is 25.6 Å². The Morgan fingerprint density at radius 2 is 2.00 bits per heavy atom. The number of anilines is 4. The first-order chi connectivity index (χ1) is 17.0. The SMILES string of the molecule is Cc1cccc2ccnc(N(C(=O)c3ccc(Nc4ncc(N)cn4)cc3F)[C@@H]3CCCNC3)c12. The largest absolute Gasteiger partial charge is 0.396 e. The molecule has 178 valence electrons. The van der Waals surface area contributed by atoms with E-state index in [1.807, 2.05) is 31.2 Å². The van der Waals surface area contributed by atoms with Crippen LogP contribution in [0.5, 0.6) is 0 Å². The van der Waals surface area contributed by atoms with Gasteiger partial charge in [0.2, 0.25) is 5.95 Å². The molecule has 5 rings (SSSR count). The van der Waals surface area contributed by atoms with Crippen molar-refractivity contribution in [3.8, 4) is 0 Å². The molecule has 1 fully saturated rings. The Morgan fingerprint density at radius 1 is 1.17 bits per heavy atom. The summed E-state index contributed by atoms with van der Waals surface area (Å²) >= 11 is 0. The number of amides is 1. The van der Waals surface area contributed by atoms with Crippen molar-refractivity contribution >= 4 is 39.8 Å². The fraction of sp³-hybridized carbons (Fsp3) is 0.231. The Morgan fingerprint density at radius 3 is 2.74 bits per heavy atom. The summed E-state index contributed by atoms with van der Waals surface area (Å²) in [5.74, 6) is -0.227. The van der Waals surface area contributed by atoms with Crippen LogP contribution < -0.4 is 21.3 Å². The molecule has 0 aliphatic carbocycles. The third-order valence-electron chi connectivity index (χ3n) is 6.19. The third kappa shape index (κ3) is 4.63. The van der Waals surface area contributed by atoms with Crippen molar-refractivity contribution in [3.05, 3.63) is 78.0 Å². The normalized spacial score (nSPS) is 15.7. The van der Waals surface area contributed by atoms with E-state index in [1.165, 1.54) is 24.5 Å². The molecule has 1 amide bonds. The van der Waals surface area contributed by atoms with Crippen LogP contribution in [-0.2, 0) is 0 Å². The second-order valence-corrected chi connectivity index (χ2v) is 8.64. The van der Waals surface area contributed by atoms with Crippen molar-refractivity contribution in [1.82, 2.24) is 20.3 Å². The standard InChI is InChI=1S/C26H26FN7O/c1-16-4-2-5-17-9-11-30-24(23(16)17)34(20-6-3-10-29-15-20)25(35)21-8-7-19(12-22(21)27)33-26-31-13-18(28)14-32-26/h2,4-5,7-9,11-14,20,29H,3,6,10,15,28H2,1H3,(H,31,32,33)/t20-/m1/s1. The van der Waals surface area contributed by atoms with Gasteiger partial charge in [0.25, 0.3) is 5.91 Å². The minimum atomic E-state index is -0.638. The second-order valence-electron chi connectivity index (χ2n) is 8.64. The molecule has 8 nitrogen and oxygen atoms in total. The number of aromatic nitrogens is 3. The van der Waals surface area contributed by atoms with Gasteiger partial charge in [-0.1, -0.05) is 18.2 Å². The van der Waals surface area contributed by atoms with E-state index in [4.69, 9.17) is 5.73 Å². The van der Waals surface area contributed by atoms with Crippen molar-refractivity contribution in [2.75, 3.05) is 29.0 Å². The number of carbonyl (C=O) groups excluding carboxylic acids is 1. The van der Waals surface area contributed by atoms with Gasteiger partial charge in [-0.05, 0) is 61.5 Å². The van der Waals surface area contributed by atoms with E-state index in [9.17, 15) is 4.79 Å². The molecule has 0 bridgehead atoms. The molecule has 1 saturated heterocycles. The highest BCUT2D eigenvalue weighted by Crippen LogP contribution is 2.32. The second kappa shape index (κ2) is 9.63. The molecule has 0 saturated carbocycles. The van der Waals surface area contributed by atoms with E-state index in [-0.39, 0.29) is 17.6 Å². The highest BCUT2D eigenvalue weighted by atomic mass is 19.1. The zero-order valence-corrected chi connectivity index (χ0v) is 19.3. The van der Waals surface area contributed by atoms with Crippen LogP contribution in [0.2, 0.25) is 0 Å². The Kier molecular flexibility index (Phi) is 6.24. The molecule has 3 heterocycles. The van der Waals surface area contributed by atoms with Crippen molar-refractivity contribution in [1.29, 1.82) is 0 Å². The number of piperidine rings is 1. The lowest BCUT2D eigenvalue weighted by Crippen LogP contribution is -2.49. The van der Waals surface area contributed by atoms with Gasteiger partial charge in [0.1, 0.15) is 11.6 Å². The summed E-state index contributed by atoms with van der Waals surface area (Å²) < 4.78 is 15.3. The molecule has 4 aromatic rings. The minimum Gasteiger partial charge on any atom is -0.396 e. The van der Waals surface area contributed by atoms with Gasteiger partial charge in [0, 0.05) is 23.8 Å². The summed E-state index contributed by atoms with van der Waals surface area (Å²) in [5, 5.41) is 8.17. The number of benzene rings is 2. The molecule has 35 heavy (non-hydrogen) atoms. The summed E-state index contributed by atoms with van der Waals surface area (Å²) in [5.41, 5.74) is 7.46. The van der Waals surface area contributed by atoms with Gasteiger partial charge in [0.15, 0.2) is 0 Å². The van der Waals surface area contributed by atoms with Crippen molar-refractivity contribution in [2.45, 2.75) is 25.8 Å². The van der Waals surface area contributed by atoms with Crippen molar-refractivity contribution in [2.24, 2.45) is 0 Å². The maximum Gasteiger partial charge on any atom is 0.262 e. The molecule has 9 heteroatoms. The molecule has 1 aliphatic heterocycles. The van der Waals surface area contributed by atoms with Crippen LogP contribution in [0.1, 0.15) is 28.8 Å². The number of fused-ring (bicyclic) bond motifs is 1. The summed E-state index contributed by atoms with van der Waals surface area (Å²) in [6, 6.07) is 12.1. The fourth-order valence-electron chi connectivity index (χ4n) is 4.49. The summed E-state index contributed by atoms with van der Waals surface area (Å²) in [6.45, 7) is 3.50. The first-order valence-electron chi connectivity index (χ1n) is 11.5. The summed E-state index contributed by atoms with van der Waals surface area (Å²) in [6.07, 6.45) is 6.34. The van der Waals surface area contributed by atoms with Crippen LogP contribution >= 0.6 is 0 Å². The molecule has 4 N–H and O–H groups in total. The molecule has 1 aliphatic rings. The number of halogens is 1. The number of pyridine rings is 1. The molecular weight excluding hydrogens is 445 g/mol. The van der Waals surface area contributed by atoms with Crippen LogP contribution in [0.4, 0.5) is 27.5 Å². The zero-order chi connectivity index (χ0) is 24.4. The van der Waals surface area contributed by atoms with E-state index >= 15 is 4.39 Å². The average Bonchev–Trinajstić information content (AvgIpc) is 2.86. The first-order valence-corrected chi connectivity index (χ1v) is 11.5. The van der Waals surface area contributed by atoms with E-state index in [0.29, 0.717) is 23.7 Å². The van der Waals surface area contributed by atoms with Gasteiger partial charge >= 0.3 is 0 Å². The van der Waals surface area contributed by atoms with Gasteiger partial charge in [0.05, 0.1) is 29.7 Å². The number of nitrogens with one attached hydrogen (secondary N) is 2. The molecule has 1 atom stereocenters. The lowest BCUT2D eigenvalue weighted by atomic mass is 10.0. The van der Waals surface area contributed by atoms with Gasteiger partial charge in [-0.15, -0.1) is 0 Å². The lowest BCUT2D eigenvalue weighted by molar-refractivity contribution is 0.0968. The number of aryl methyl sites for hydroxylation is 1. The Bertz CT molecular complexity index is 1370. The van der Waals surface area contributed by atoms with E-state index in [1.54, 1.807) is 17.2 Å². The third-order valence-corrected chi connectivity index (χ3v) is 6.19. The number of hydrogen-bond acceptors (Lipinski definition) is 7.